The zero-order chi connectivity index (χ0) is 22.1. The van der Waals surface area contributed by atoms with Crippen molar-refractivity contribution in [2.24, 2.45) is 5.92 Å². The number of hydrogen-bond acceptors (Lipinski definition) is 4. The van der Waals surface area contributed by atoms with Gasteiger partial charge in [0.05, 0.1) is 18.0 Å². The van der Waals surface area contributed by atoms with Crippen LogP contribution in [0.15, 0.2) is 48.5 Å². The molecule has 3 fully saturated rings. The van der Waals surface area contributed by atoms with E-state index in [9.17, 15) is 14.0 Å². The van der Waals surface area contributed by atoms with E-state index in [1.807, 2.05) is 4.90 Å². The zero-order valence-electron chi connectivity index (χ0n) is 18.3. The fourth-order valence-corrected chi connectivity index (χ4v) is 5.56. The lowest BCUT2D eigenvalue weighted by molar-refractivity contribution is 0.0299. The molecule has 3 aliphatic rings. The lowest BCUT2D eigenvalue weighted by Gasteiger charge is -2.57. The van der Waals surface area contributed by atoms with Crippen molar-refractivity contribution in [3.8, 4) is 6.07 Å². The van der Waals surface area contributed by atoms with Gasteiger partial charge in [0.15, 0.2) is 0 Å². The molecule has 2 unspecified atom stereocenters. The molecule has 0 bridgehead atoms. The molecule has 1 N–H and O–H groups in total. The number of piperidine rings is 1. The second-order valence-corrected chi connectivity index (χ2v) is 9.74. The molecule has 5 rings (SSSR count). The Morgan fingerprint density at radius 2 is 1.72 bits per heavy atom. The zero-order valence-corrected chi connectivity index (χ0v) is 18.3. The summed E-state index contributed by atoms with van der Waals surface area (Å²) in [6.45, 7) is 4.31. The SMILES string of the molecule is N#CCC1(N2CCC(CNC3CC3c3ccccc3)CC2)CN(c2cc(F)cc(F)c2)C1. The van der Waals surface area contributed by atoms with E-state index in [4.69, 9.17) is 0 Å². The molecule has 6 heteroatoms. The first-order chi connectivity index (χ1) is 15.6. The number of rotatable bonds is 7. The molecule has 1 aliphatic carbocycles. The van der Waals surface area contributed by atoms with Gasteiger partial charge in [-0.25, -0.2) is 8.78 Å². The Labute approximate surface area is 188 Å². The molecule has 1 saturated carbocycles. The van der Waals surface area contributed by atoms with Gasteiger partial charge in [0, 0.05) is 36.8 Å². The van der Waals surface area contributed by atoms with Crippen LogP contribution in [0.3, 0.4) is 0 Å². The standard InChI is InChI=1S/C26H30F2N4/c27-21-12-22(28)14-23(13-21)31-17-26(18-31,8-9-29)32-10-6-19(7-11-32)16-30-25-15-24(25)20-4-2-1-3-5-20/h1-5,12-14,19,24-25,30H,6-8,10-11,15-18H2. The van der Waals surface area contributed by atoms with Crippen molar-refractivity contribution in [3.05, 3.63) is 65.7 Å². The van der Waals surface area contributed by atoms with Gasteiger partial charge < -0.3 is 10.2 Å². The summed E-state index contributed by atoms with van der Waals surface area (Å²) in [4.78, 5) is 4.43. The molecule has 0 aromatic heterocycles. The van der Waals surface area contributed by atoms with Crippen molar-refractivity contribution in [1.29, 1.82) is 5.26 Å². The van der Waals surface area contributed by atoms with E-state index in [0.29, 0.717) is 43.1 Å². The molecule has 4 nitrogen and oxygen atoms in total. The molecular formula is C26H30F2N4. The molecule has 2 aromatic rings. The van der Waals surface area contributed by atoms with Gasteiger partial charge in [-0.05, 0) is 62.5 Å². The highest BCUT2D eigenvalue weighted by atomic mass is 19.1. The van der Waals surface area contributed by atoms with Crippen LogP contribution in [-0.2, 0) is 0 Å². The van der Waals surface area contributed by atoms with Gasteiger partial charge in [-0.3, -0.25) is 4.90 Å². The summed E-state index contributed by atoms with van der Waals surface area (Å²) in [5.74, 6) is 0.201. The second-order valence-electron chi connectivity index (χ2n) is 9.74. The quantitative estimate of drug-likeness (QED) is 0.703. The van der Waals surface area contributed by atoms with Crippen molar-refractivity contribution >= 4 is 5.69 Å². The van der Waals surface area contributed by atoms with Crippen LogP contribution in [0.2, 0.25) is 0 Å². The predicted molar refractivity (Wildman–Crippen MR) is 121 cm³/mol. The second kappa shape index (κ2) is 8.80. The summed E-state index contributed by atoms with van der Waals surface area (Å²) in [6, 6.07) is 17.3. The minimum absolute atomic E-state index is 0.204. The van der Waals surface area contributed by atoms with Crippen LogP contribution in [0.5, 0.6) is 0 Å². The Hall–Kier alpha value is -2.49. The molecule has 0 radical (unpaired) electrons. The Morgan fingerprint density at radius 1 is 1.03 bits per heavy atom. The smallest absolute Gasteiger partial charge is 0.128 e. The van der Waals surface area contributed by atoms with Gasteiger partial charge in [0.1, 0.15) is 11.6 Å². The maximum absolute atomic E-state index is 13.6. The van der Waals surface area contributed by atoms with Crippen molar-refractivity contribution in [2.45, 2.75) is 43.2 Å². The van der Waals surface area contributed by atoms with Gasteiger partial charge in [-0.1, -0.05) is 30.3 Å². The van der Waals surface area contributed by atoms with Crippen LogP contribution in [0, 0.1) is 28.9 Å². The topological polar surface area (TPSA) is 42.3 Å². The van der Waals surface area contributed by atoms with Crippen molar-refractivity contribution in [3.63, 3.8) is 0 Å². The van der Waals surface area contributed by atoms with Crippen LogP contribution in [0.1, 0.15) is 37.2 Å². The van der Waals surface area contributed by atoms with E-state index in [-0.39, 0.29) is 5.54 Å². The minimum atomic E-state index is -0.559. The maximum atomic E-state index is 13.6. The summed E-state index contributed by atoms with van der Waals surface area (Å²) in [5, 5.41) is 13.2. The predicted octanol–water partition coefficient (Wildman–Crippen LogP) is 4.29. The average molecular weight is 437 g/mol. The van der Waals surface area contributed by atoms with Crippen molar-refractivity contribution in [1.82, 2.24) is 10.2 Å². The summed E-state index contributed by atoms with van der Waals surface area (Å²) in [6.07, 6.45) is 3.92. The van der Waals surface area contributed by atoms with Gasteiger partial charge >= 0.3 is 0 Å². The molecule has 0 amide bonds. The van der Waals surface area contributed by atoms with Crippen LogP contribution in [-0.4, -0.2) is 49.2 Å². The monoisotopic (exact) mass is 436 g/mol. The largest absolute Gasteiger partial charge is 0.367 e. The number of likely N-dealkylation sites (tertiary alicyclic amines) is 1. The number of benzene rings is 2. The van der Waals surface area contributed by atoms with Crippen molar-refractivity contribution in [2.75, 3.05) is 37.6 Å². The number of nitrogens with zero attached hydrogens (tertiary/aromatic N) is 3. The molecule has 2 aromatic carbocycles. The normalized spacial score (nSPS) is 25.2. The van der Waals surface area contributed by atoms with Gasteiger partial charge in [0.25, 0.3) is 0 Å². The first-order valence-corrected chi connectivity index (χ1v) is 11.7. The average Bonchev–Trinajstić information content (AvgIpc) is 3.55. The van der Waals surface area contributed by atoms with E-state index >= 15 is 0 Å². The third kappa shape index (κ3) is 4.37. The number of hydrogen-bond donors (Lipinski definition) is 1. The van der Waals surface area contributed by atoms with E-state index in [0.717, 1.165) is 38.5 Å². The Morgan fingerprint density at radius 3 is 2.38 bits per heavy atom. The van der Waals surface area contributed by atoms with Crippen LogP contribution in [0.4, 0.5) is 14.5 Å². The summed E-state index contributed by atoms with van der Waals surface area (Å²) in [7, 11) is 0. The molecule has 0 spiro atoms. The van der Waals surface area contributed by atoms with Crippen LogP contribution in [0.25, 0.3) is 0 Å². The highest BCUT2D eigenvalue weighted by molar-refractivity contribution is 5.51. The Balaban J connectivity index is 1.11. The molecule has 168 valence electrons. The number of anilines is 1. The first-order valence-electron chi connectivity index (χ1n) is 11.7. The van der Waals surface area contributed by atoms with Crippen LogP contribution >= 0.6 is 0 Å². The maximum Gasteiger partial charge on any atom is 0.128 e. The van der Waals surface area contributed by atoms with E-state index in [1.54, 1.807) is 0 Å². The van der Waals surface area contributed by atoms with Gasteiger partial charge in [-0.2, -0.15) is 5.26 Å². The number of halogens is 2. The minimum Gasteiger partial charge on any atom is -0.367 e. The molecule has 2 saturated heterocycles. The fourth-order valence-electron chi connectivity index (χ4n) is 5.56. The first kappa shape index (κ1) is 21.4. The Kier molecular flexibility index (Phi) is 5.88. The molecule has 2 atom stereocenters. The molecule has 2 heterocycles. The molecular weight excluding hydrogens is 406 g/mol. The summed E-state index contributed by atoms with van der Waals surface area (Å²) < 4.78 is 27.2. The van der Waals surface area contributed by atoms with E-state index in [2.05, 4.69) is 46.6 Å². The third-order valence-corrected chi connectivity index (χ3v) is 7.56. The fraction of sp³-hybridized carbons (Fsp3) is 0.500. The highest BCUT2D eigenvalue weighted by Crippen LogP contribution is 2.41. The summed E-state index contributed by atoms with van der Waals surface area (Å²) >= 11 is 0. The highest BCUT2D eigenvalue weighted by Gasteiger charge is 2.48. The molecule has 2 aliphatic heterocycles. The number of nitriles is 1. The molecule has 32 heavy (non-hydrogen) atoms. The van der Waals surface area contributed by atoms with Crippen molar-refractivity contribution < 1.29 is 8.78 Å². The Bertz CT molecular complexity index is 955. The number of nitrogens with one attached hydrogen (secondary N) is 1. The van der Waals surface area contributed by atoms with Crippen LogP contribution < -0.4 is 10.2 Å². The third-order valence-electron chi connectivity index (χ3n) is 7.56. The van der Waals surface area contributed by atoms with E-state index < -0.39 is 11.6 Å². The van der Waals surface area contributed by atoms with Gasteiger partial charge in [0.2, 0.25) is 0 Å². The van der Waals surface area contributed by atoms with Gasteiger partial charge in [-0.15, -0.1) is 0 Å². The summed E-state index contributed by atoms with van der Waals surface area (Å²) in [5.41, 5.74) is 1.80. The lowest BCUT2D eigenvalue weighted by Crippen LogP contribution is -2.71. The van der Waals surface area contributed by atoms with E-state index in [1.165, 1.54) is 24.1 Å². The lowest BCUT2D eigenvalue weighted by atomic mass is 9.81.